The van der Waals surface area contributed by atoms with E-state index in [2.05, 4.69) is 0 Å². The molecule has 0 fully saturated rings. The van der Waals surface area contributed by atoms with Crippen molar-refractivity contribution in [3.63, 3.8) is 0 Å². The molecule has 0 saturated carbocycles. The van der Waals surface area contributed by atoms with Crippen molar-refractivity contribution in [1.29, 1.82) is 0 Å². The molecule has 0 aliphatic rings. The van der Waals surface area contributed by atoms with Gasteiger partial charge in [0.25, 0.3) is 0 Å². The van der Waals surface area contributed by atoms with Crippen molar-refractivity contribution in [1.82, 2.24) is 0 Å². The second-order valence-electron chi connectivity index (χ2n) is 4.32. The molecule has 0 bridgehead atoms. The number of nitro benzene ring substituents is 1. The van der Waals surface area contributed by atoms with E-state index in [1.807, 2.05) is 0 Å². The Labute approximate surface area is 120 Å². The van der Waals surface area contributed by atoms with E-state index in [0.29, 0.717) is 12.1 Å². The van der Waals surface area contributed by atoms with Gasteiger partial charge in [-0.3, -0.25) is 10.1 Å². The van der Waals surface area contributed by atoms with E-state index in [-0.39, 0.29) is 19.3 Å². The standard InChI is InChI=1S/C11H15FN2O6S/c1-7(2)19-3-4-20-10-5-8(12)11(21(13,17)18)6-9(10)14(15)16/h5-7H,3-4H2,1-2H3,(H2,13,17,18). The van der Waals surface area contributed by atoms with Gasteiger partial charge in [-0.15, -0.1) is 0 Å². The van der Waals surface area contributed by atoms with Crippen molar-refractivity contribution in [2.45, 2.75) is 24.8 Å². The topological polar surface area (TPSA) is 122 Å². The minimum absolute atomic E-state index is 0.0484. The maximum absolute atomic E-state index is 13.6. The van der Waals surface area contributed by atoms with Crippen LogP contribution in [-0.2, 0) is 14.8 Å². The summed E-state index contributed by atoms with van der Waals surface area (Å²) >= 11 is 0. The highest BCUT2D eigenvalue weighted by Crippen LogP contribution is 2.31. The lowest BCUT2D eigenvalue weighted by molar-refractivity contribution is -0.386. The summed E-state index contributed by atoms with van der Waals surface area (Å²) in [6.45, 7) is 3.69. The fourth-order valence-corrected chi connectivity index (χ4v) is 2.04. The summed E-state index contributed by atoms with van der Waals surface area (Å²) in [6.07, 6.45) is -0.0509. The number of hydrogen-bond acceptors (Lipinski definition) is 6. The number of sulfonamides is 1. The Balaban J connectivity index is 3.04. The van der Waals surface area contributed by atoms with Crippen molar-refractivity contribution in [3.8, 4) is 5.75 Å². The molecule has 0 saturated heterocycles. The van der Waals surface area contributed by atoms with Crippen LogP contribution in [0.5, 0.6) is 5.75 Å². The number of hydrogen-bond donors (Lipinski definition) is 1. The number of rotatable bonds is 7. The minimum atomic E-state index is -4.40. The van der Waals surface area contributed by atoms with E-state index in [1.54, 1.807) is 13.8 Å². The first-order valence-electron chi connectivity index (χ1n) is 5.88. The van der Waals surface area contributed by atoms with Crippen molar-refractivity contribution in [2.75, 3.05) is 13.2 Å². The van der Waals surface area contributed by atoms with Crippen LogP contribution in [0.3, 0.4) is 0 Å². The number of halogens is 1. The van der Waals surface area contributed by atoms with Crippen LogP contribution in [0.25, 0.3) is 0 Å². The molecule has 21 heavy (non-hydrogen) atoms. The summed E-state index contributed by atoms with van der Waals surface area (Å²) in [5.74, 6) is -1.61. The third kappa shape index (κ3) is 4.92. The number of nitrogens with zero attached hydrogens (tertiary/aromatic N) is 1. The Morgan fingerprint density at radius 2 is 2.00 bits per heavy atom. The zero-order chi connectivity index (χ0) is 16.2. The van der Waals surface area contributed by atoms with E-state index in [1.165, 1.54) is 0 Å². The molecule has 1 aromatic carbocycles. The molecule has 0 radical (unpaired) electrons. The van der Waals surface area contributed by atoms with Gasteiger partial charge >= 0.3 is 5.69 Å². The van der Waals surface area contributed by atoms with E-state index in [4.69, 9.17) is 14.6 Å². The Morgan fingerprint density at radius 1 is 1.38 bits per heavy atom. The zero-order valence-corrected chi connectivity index (χ0v) is 12.2. The Morgan fingerprint density at radius 3 is 2.48 bits per heavy atom. The number of benzene rings is 1. The van der Waals surface area contributed by atoms with Gasteiger partial charge in [0.05, 0.1) is 17.6 Å². The maximum atomic E-state index is 13.6. The van der Waals surface area contributed by atoms with Gasteiger partial charge in [-0.2, -0.15) is 0 Å². The first-order chi connectivity index (χ1) is 9.62. The van der Waals surface area contributed by atoms with Gasteiger partial charge in [0, 0.05) is 12.1 Å². The summed E-state index contributed by atoms with van der Waals surface area (Å²) in [6, 6.07) is 1.15. The lowest BCUT2D eigenvalue weighted by Gasteiger charge is -2.10. The molecule has 0 aromatic heterocycles. The Bertz CT molecular complexity index is 632. The number of ether oxygens (including phenoxy) is 2. The van der Waals surface area contributed by atoms with E-state index in [0.717, 1.165) is 0 Å². The average molecular weight is 322 g/mol. The molecule has 2 N–H and O–H groups in total. The third-order valence-corrected chi connectivity index (χ3v) is 3.23. The van der Waals surface area contributed by atoms with Crippen LogP contribution in [0.4, 0.5) is 10.1 Å². The SMILES string of the molecule is CC(C)OCCOc1cc(F)c(S(N)(=O)=O)cc1[N+](=O)[O-]. The molecule has 1 aromatic rings. The van der Waals surface area contributed by atoms with Crippen LogP contribution in [0.2, 0.25) is 0 Å². The second kappa shape index (κ2) is 6.78. The fourth-order valence-electron chi connectivity index (χ4n) is 1.44. The van der Waals surface area contributed by atoms with Gasteiger partial charge in [0.15, 0.2) is 5.75 Å². The zero-order valence-electron chi connectivity index (χ0n) is 11.4. The number of nitrogens with two attached hydrogens (primary N) is 1. The molecule has 0 aliphatic heterocycles. The van der Waals surface area contributed by atoms with E-state index < -0.39 is 37.1 Å². The van der Waals surface area contributed by atoms with Gasteiger partial charge < -0.3 is 9.47 Å². The summed E-state index contributed by atoms with van der Waals surface area (Å²) in [7, 11) is -4.40. The summed E-state index contributed by atoms with van der Waals surface area (Å²) in [5.41, 5.74) is -0.690. The highest BCUT2D eigenvalue weighted by Gasteiger charge is 2.24. The van der Waals surface area contributed by atoms with E-state index in [9.17, 15) is 22.9 Å². The molecule has 0 unspecified atom stereocenters. The largest absolute Gasteiger partial charge is 0.484 e. The van der Waals surface area contributed by atoms with Gasteiger partial charge in [-0.25, -0.2) is 17.9 Å². The quantitative estimate of drug-likeness (QED) is 0.457. The maximum Gasteiger partial charge on any atom is 0.312 e. The van der Waals surface area contributed by atoms with Gasteiger partial charge in [0.1, 0.15) is 17.3 Å². The third-order valence-electron chi connectivity index (χ3n) is 2.31. The van der Waals surface area contributed by atoms with Gasteiger partial charge in [0.2, 0.25) is 10.0 Å². The normalized spacial score (nSPS) is 11.7. The van der Waals surface area contributed by atoms with Crippen LogP contribution in [-0.4, -0.2) is 32.7 Å². The molecule has 0 spiro atoms. The van der Waals surface area contributed by atoms with Crippen LogP contribution in [0.1, 0.15) is 13.8 Å². The minimum Gasteiger partial charge on any atom is -0.484 e. The average Bonchev–Trinajstić information content (AvgIpc) is 2.32. The van der Waals surface area contributed by atoms with Crippen molar-refractivity contribution >= 4 is 15.7 Å². The van der Waals surface area contributed by atoms with Crippen molar-refractivity contribution < 1.29 is 27.2 Å². The molecular formula is C11H15FN2O6S. The molecular weight excluding hydrogens is 307 g/mol. The molecule has 8 nitrogen and oxygen atoms in total. The monoisotopic (exact) mass is 322 g/mol. The number of primary sulfonamides is 1. The van der Waals surface area contributed by atoms with Crippen molar-refractivity contribution in [2.24, 2.45) is 5.14 Å². The lowest BCUT2D eigenvalue weighted by Crippen LogP contribution is -2.15. The molecule has 0 atom stereocenters. The second-order valence-corrected chi connectivity index (χ2v) is 5.85. The predicted molar refractivity (Wildman–Crippen MR) is 71.0 cm³/mol. The molecule has 0 aliphatic carbocycles. The summed E-state index contributed by atoms with van der Waals surface area (Å²) in [5, 5.41) is 15.7. The predicted octanol–water partition coefficient (Wildman–Crippen LogP) is 1.19. The first-order valence-corrected chi connectivity index (χ1v) is 7.42. The van der Waals surface area contributed by atoms with Gasteiger partial charge in [-0.1, -0.05) is 0 Å². The van der Waals surface area contributed by atoms with Crippen molar-refractivity contribution in [3.05, 3.63) is 28.1 Å². The van der Waals surface area contributed by atoms with E-state index >= 15 is 0 Å². The van der Waals surface area contributed by atoms with Gasteiger partial charge in [-0.05, 0) is 13.8 Å². The fraction of sp³-hybridized carbons (Fsp3) is 0.455. The Hall–Kier alpha value is -1.78. The molecule has 0 amide bonds. The highest BCUT2D eigenvalue weighted by atomic mass is 32.2. The highest BCUT2D eigenvalue weighted by molar-refractivity contribution is 7.89. The summed E-state index contributed by atoms with van der Waals surface area (Å²) < 4.78 is 46.1. The molecule has 0 heterocycles. The van der Waals surface area contributed by atoms with Crippen LogP contribution in [0.15, 0.2) is 17.0 Å². The number of nitro groups is 1. The first kappa shape index (κ1) is 17.3. The van der Waals surface area contributed by atoms with Crippen LogP contribution in [0, 0.1) is 15.9 Å². The molecule has 118 valence electrons. The Kier molecular flexibility index (Phi) is 5.58. The lowest BCUT2D eigenvalue weighted by atomic mass is 10.3. The molecule has 10 heteroatoms. The molecule has 1 rings (SSSR count). The van der Waals surface area contributed by atoms with Crippen LogP contribution >= 0.6 is 0 Å². The smallest absolute Gasteiger partial charge is 0.312 e. The van der Waals surface area contributed by atoms with Crippen LogP contribution < -0.4 is 9.88 Å². The summed E-state index contributed by atoms with van der Waals surface area (Å²) in [4.78, 5) is 9.05.